The van der Waals surface area contributed by atoms with E-state index in [4.69, 9.17) is 9.47 Å². The number of Topliss-reactive ketones (excluding diaryl/α,β-unsaturated/α-hetero) is 1. The van der Waals surface area contributed by atoms with Crippen molar-refractivity contribution in [1.29, 1.82) is 0 Å². The van der Waals surface area contributed by atoms with Crippen LogP contribution in [0.5, 0.6) is 5.75 Å². The minimum atomic E-state index is -4.04. The van der Waals surface area contributed by atoms with Gasteiger partial charge in [-0.15, -0.1) is 0 Å². The summed E-state index contributed by atoms with van der Waals surface area (Å²) in [6.07, 6.45) is 1.14. The average Bonchev–Trinajstić information content (AvgIpc) is 2.77. The number of ketones is 1. The summed E-state index contributed by atoms with van der Waals surface area (Å²) in [6, 6.07) is 10.5. The van der Waals surface area contributed by atoms with Crippen LogP contribution in [-0.4, -0.2) is 31.8 Å². The number of carbonyl (C=O) groups is 2. The monoisotopic (exact) mass is 493 g/mol. The average molecular weight is 494 g/mol. The highest BCUT2D eigenvalue weighted by atomic mass is 32.2. The summed E-state index contributed by atoms with van der Waals surface area (Å²) in [4.78, 5) is 24.2. The van der Waals surface area contributed by atoms with E-state index in [1.54, 1.807) is 39.8 Å². The van der Waals surface area contributed by atoms with Gasteiger partial charge in [-0.1, -0.05) is 19.1 Å². The number of sulfonamides is 1. The van der Waals surface area contributed by atoms with Crippen LogP contribution in [0.1, 0.15) is 58.9 Å². The third-order valence-corrected chi connectivity index (χ3v) is 6.27. The molecule has 2 rings (SSSR count). The Morgan fingerprint density at radius 2 is 1.65 bits per heavy atom. The highest BCUT2D eigenvalue weighted by Crippen LogP contribution is 2.19. The number of rotatable bonds is 12. The molecule has 7 nitrogen and oxygen atoms in total. The van der Waals surface area contributed by atoms with E-state index in [1.165, 1.54) is 36.4 Å². The number of hydrogen-bond donors (Lipinski definition) is 1. The minimum Gasteiger partial charge on any atom is -0.489 e. The van der Waals surface area contributed by atoms with Crippen molar-refractivity contribution in [2.45, 2.75) is 76.5 Å². The van der Waals surface area contributed by atoms with Crippen LogP contribution in [0.4, 0.5) is 4.39 Å². The molecule has 0 saturated carbocycles. The second kappa shape index (κ2) is 12.1. The maximum Gasteiger partial charge on any atom is 0.324 e. The van der Waals surface area contributed by atoms with Crippen LogP contribution < -0.4 is 9.46 Å². The van der Waals surface area contributed by atoms with Crippen molar-refractivity contribution < 1.29 is 31.9 Å². The molecule has 0 fully saturated rings. The van der Waals surface area contributed by atoms with E-state index in [2.05, 4.69) is 4.72 Å². The molecule has 0 aromatic heterocycles. The highest BCUT2D eigenvalue weighted by molar-refractivity contribution is 7.89. The summed E-state index contributed by atoms with van der Waals surface area (Å²) in [5.41, 5.74) is -0.0229. The molecule has 2 aromatic carbocycles. The first-order valence-corrected chi connectivity index (χ1v) is 12.6. The molecule has 0 aliphatic rings. The lowest BCUT2D eigenvalue weighted by atomic mass is 10.1. The zero-order valence-corrected chi connectivity index (χ0v) is 20.8. The van der Waals surface area contributed by atoms with Crippen LogP contribution in [0.2, 0.25) is 0 Å². The lowest BCUT2D eigenvalue weighted by molar-refractivity contribution is -0.157. The Hall–Kier alpha value is -2.78. The Balaban J connectivity index is 2.07. The number of carbonyl (C=O) groups excluding carboxylic acids is 2. The number of nitrogens with one attached hydrogen (secondary N) is 1. The topological polar surface area (TPSA) is 98.8 Å². The van der Waals surface area contributed by atoms with Crippen LogP contribution in [0.25, 0.3) is 0 Å². The molecular formula is C25H32FNO6S. The van der Waals surface area contributed by atoms with Crippen molar-refractivity contribution in [3.8, 4) is 5.75 Å². The predicted octanol–water partition coefficient (Wildman–Crippen LogP) is 4.54. The number of ether oxygens (including phenoxy) is 2. The van der Waals surface area contributed by atoms with Gasteiger partial charge >= 0.3 is 5.97 Å². The van der Waals surface area contributed by atoms with Crippen LogP contribution in [0, 0.1) is 5.82 Å². The Kier molecular flexibility index (Phi) is 9.76. The fourth-order valence-corrected chi connectivity index (χ4v) is 4.21. The molecule has 0 bridgehead atoms. The standard InChI is InChI=1S/C25H32FNO6S/c1-5-20(28)7-6-8-23(24(29)33-25(2,3)4)27-34(30,31)22-15-13-21(14-16-22)32-17-18-9-11-19(26)12-10-18/h9-16,23,27H,5-8,17H2,1-4H3. The van der Waals surface area contributed by atoms with Gasteiger partial charge in [-0.25, -0.2) is 12.8 Å². The van der Waals surface area contributed by atoms with Crippen LogP contribution in [-0.2, 0) is 31.0 Å². The second-order valence-corrected chi connectivity index (χ2v) is 10.6. The van der Waals surface area contributed by atoms with Crippen molar-refractivity contribution in [2.75, 3.05) is 0 Å². The van der Waals surface area contributed by atoms with Crippen molar-refractivity contribution in [2.24, 2.45) is 0 Å². The lowest BCUT2D eigenvalue weighted by Gasteiger charge is -2.24. The normalized spacial score (nSPS) is 12.7. The summed E-state index contributed by atoms with van der Waals surface area (Å²) >= 11 is 0. The molecule has 0 radical (unpaired) electrons. The van der Waals surface area contributed by atoms with Crippen molar-refractivity contribution in [1.82, 2.24) is 4.72 Å². The Morgan fingerprint density at radius 3 is 2.21 bits per heavy atom. The Morgan fingerprint density at radius 1 is 1.03 bits per heavy atom. The fraction of sp³-hybridized carbons (Fsp3) is 0.440. The number of halogens is 1. The number of hydrogen-bond acceptors (Lipinski definition) is 6. The third-order valence-electron chi connectivity index (χ3n) is 4.78. The molecule has 186 valence electrons. The first-order valence-electron chi connectivity index (χ1n) is 11.1. The zero-order chi connectivity index (χ0) is 25.4. The molecule has 1 unspecified atom stereocenters. The Labute approximate surface area is 200 Å². The van der Waals surface area contributed by atoms with Gasteiger partial charge in [0.2, 0.25) is 10.0 Å². The molecule has 0 heterocycles. The molecular weight excluding hydrogens is 461 g/mol. The number of esters is 1. The summed E-state index contributed by atoms with van der Waals surface area (Å²) in [6.45, 7) is 7.04. The summed E-state index contributed by atoms with van der Waals surface area (Å²) < 4.78 is 52.3. The van der Waals surface area contributed by atoms with Crippen LogP contribution in [0.15, 0.2) is 53.4 Å². The van der Waals surface area contributed by atoms with Crippen molar-refractivity contribution in [3.05, 3.63) is 59.9 Å². The number of benzene rings is 2. The molecule has 0 saturated heterocycles. The predicted molar refractivity (Wildman–Crippen MR) is 126 cm³/mol. The van der Waals surface area contributed by atoms with Gasteiger partial charge in [0.05, 0.1) is 4.90 Å². The molecule has 2 aromatic rings. The van der Waals surface area contributed by atoms with Gasteiger partial charge in [-0.2, -0.15) is 4.72 Å². The molecule has 1 atom stereocenters. The first kappa shape index (κ1) is 27.5. The fourth-order valence-electron chi connectivity index (χ4n) is 3.00. The van der Waals surface area contributed by atoms with Gasteiger partial charge in [0.15, 0.2) is 0 Å². The Bertz CT molecular complexity index is 1060. The SMILES string of the molecule is CCC(=O)CCCC(NS(=O)(=O)c1ccc(OCc2ccc(F)cc2)cc1)C(=O)OC(C)(C)C. The molecule has 1 N–H and O–H groups in total. The summed E-state index contributed by atoms with van der Waals surface area (Å²) in [7, 11) is -4.04. The van der Waals surface area contributed by atoms with E-state index in [-0.39, 0.29) is 35.9 Å². The van der Waals surface area contributed by atoms with E-state index < -0.39 is 27.6 Å². The molecule has 9 heteroatoms. The molecule has 0 spiro atoms. The van der Waals surface area contributed by atoms with Gasteiger partial charge in [-0.05, 0) is 75.6 Å². The van der Waals surface area contributed by atoms with Gasteiger partial charge in [-0.3, -0.25) is 9.59 Å². The highest BCUT2D eigenvalue weighted by Gasteiger charge is 2.29. The van der Waals surface area contributed by atoms with Gasteiger partial charge < -0.3 is 9.47 Å². The second-order valence-electron chi connectivity index (χ2n) is 8.88. The van der Waals surface area contributed by atoms with Gasteiger partial charge in [0.1, 0.15) is 35.6 Å². The van der Waals surface area contributed by atoms with Gasteiger partial charge in [0, 0.05) is 12.8 Å². The van der Waals surface area contributed by atoms with Crippen molar-refractivity contribution >= 4 is 21.8 Å². The van der Waals surface area contributed by atoms with E-state index in [0.29, 0.717) is 18.6 Å². The maximum atomic E-state index is 13.0. The van der Waals surface area contributed by atoms with E-state index in [9.17, 15) is 22.4 Å². The largest absolute Gasteiger partial charge is 0.489 e. The van der Waals surface area contributed by atoms with Crippen LogP contribution >= 0.6 is 0 Å². The minimum absolute atomic E-state index is 0.0418. The smallest absolute Gasteiger partial charge is 0.324 e. The van der Waals surface area contributed by atoms with Gasteiger partial charge in [0.25, 0.3) is 0 Å². The lowest BCUT2D eigenvalue weighted by Crippen LogP contribution is -2.44. The molecule has 0 aliphatic heterocycles. The van der Waals surface area contributed by atoms with Crippen molar-refractivity contribution in [3.63, 3.8) is 0 Å². The zero-order valence-electron chi connectivity index (χ0n) is 20.0. The summed E-state index contributed by atoms with van der Waals surface area (Å²) in [5.74, 6) is -0.557. The van der Waals surface area contributed by atoms with E-state index in [0.717, 1.165) is 5.56 Å². The maximum absolute atomic E-state index is 13.0. The first-order chi connectivity index (χ1) is 15.9. The third kappa shape index (κ3) is 9.23. The molecule has 0 aliphatic carbocycles. The van der Waals surface area contributed by atoms with E-state index >= 15 is 0 Å². The summed E-state index contributed by atoms with van der Waals surface area (Å²) in [5, 5.41) is 0. The molecule has 0 amide bonds. The van der Waals surface area contributed by atoms with E-state index in [1.807, 2.05) is 0 Å². The quantitative estimate of drug-likeness (QED) is 0.436. The van der Waals surface area contributed by atoms with Crippen LogP contribution in [0.3, 0.4) is 0 Å². The molecule has 34 heavy (non-hydrogen) atoms.